The van der Waals surface area contributed by atoms with Crippen LogP contribution in [0.2, 0.25) is 0 Å². The molecule has 0 N–H and O–H groups in total. The highest BCUT2D eigenvalue weighted by molar-refractivity contribution is 5.28. The van der Waals surface area contributed by atoms with E-state index in [4.69, 9.17) is 0 Å². The zero-order valence-corrected chi connectivity index (χ0v) is 11.4. The largest absolute Gasteiger partial charge is 0.306 e. The van der Waals surface area contributed by atoms with Gasteiger partial charge in [-0.05, 0) is 62.9 Å². The normalized spacial score (nSPS) is 21.8. The number of fused-ring (bicyclic) bond motifs is 1. The molecule has 1 aliphatic carbocycles. The molecule has 3 rings (SSSR count). The molecule has 1 saturated heterocycles. The lowest BCUT2D eigenvalue weighted by molar-refractivity contribution is 0.131. The Morgan fingerprint density at radius 3 is 2.53 bits per heavy atom. The molecule has 2 heterocycles. The summed E-state index contributed by atoms with van der Waals surface area (Å²) in [5, 5.41) is 0. The van der Waals surface area contributed by atoms with E-state index in [1.54, 1.807) is 0 Å². The third-order valence-electron chi connectivity index (χ3n) is 4.14. The number of likely N-dealkylation sites (tertiary alicyclic amines) is 1. The van der Waals surface area contributed by atoms with E-state index in [1.165, 1.54) is 50.0 Å². The van der Waals surface area contributed by atoms with Crippen molar-refractivity contribution >= 4 is 0 Å². The van der Waals surface area contributed by atoms with E-state index in [0.717, 1.165) is 0 Å². The summed E-state index contributed by atoms with van der Waals surface area (Å²) in [5.41, 5.74) is 3.42. The molecule has 2 nitrogen and oxygen atoms in total. The first kappa shape index (κ1) is 12.6. The van der Waals surface area contributed by atoms with Crippen LogP contribution in [0, 0.1) is 5.41 Å². The first-order valence-corrected chi connectivity index (χ1v) is 6.89. The molecule has 1 fully saturated rings. The van der Waals surface area contributed by atoms with Crippen molar-refractivity contribution in [2.45, 2.75) is 39.5 Å². The molecule has 1 aromatic heterocycles. The molecule has 0 amide bonds. The second kappa shape index (κ2) is 5.18. The molecule has 0 aromatic carbocycles. The fourth-order valence-electron chi connectivity index (χ4n) is 3.06. The fourth-order valence-corrected chi connectivity index (χ4v) is 3.06. The van der Waals surface area contributed by atoms with E-state index in [-0.39, 0.29) is 0 Å². The molecule has 0 bridgehead atoms. The second-order valence-electron chi connectivity index (χ2n) is 5.27. The first-order chi connectivity index (χ1) is 8.27. The Morgan fingerprint density at radius 1 is 1.18 bits per heavy atom. The van der Waals surface area contributed by atoms with Gasteiger partial charge in [0, 0.05) is 11.9 Å². The van der Waals surface area contributed by atoms with Crippen LogP contribution in [0.5, 0.6) is 0 Å². The molecule has 17 heavy (non-hydrogen) atoms. The van der Waals surface area contributed by atoms with Crippen LogP contribution >= 0.6 is 0 Å². The van der Waals surface area contributed by atoms with Gasteiger partial charge in [0.1, 0.15) is 0 Å². The summed E-state index contributed by atoms with van der Waals surface area (Å²) in [5.74, 6) is 0. The van der Waals surface area contributed by atoms with Gasteiger partial charge in [0.15, 0.2) is 0 Å². The summed E-state index contributed by atoms with van der Waals surface area (Å²) < 4.78 is 0. The zero-order valence-electron chi connectivity index (χ0n) is 11.4. The maximum Gasteiger partial charge on any atom is 0.0441 e. The minimum atomic E-state index is 0.559. The van der Waals surface area contributed by atoms with Crippen molar-refractivity contribution in [1.82, 2.24) is 9.88 Å². The van der Waals surface area contributed by atoms with Gasteiger partial charge < -0.3 is 4.90 Å². The predicted molar refractivity (Wildman–Crippen MR) is 72.2 cm³/mol. The van der Waals surface area contributed by atoms with Crippen LogP contribution in [0.1, 0.15) is 37.9 Å². The van der Waals surface area contributed by atoms with E-state index < -0.39 is 0 Å². The summed E-state index contributed by atoms with van der Waals surface area (Å²) in [4.78, 5) is 6.96. The maximum atomic E-state index is 4.51. The van der Waals surface area contributed by atoms with Crippen LogP contribution < -0.4 is 0 Å². The number of aromatic nitrogens is 1. The molecule has 1 aromatic rings. The van der Waals surface area contributed by atoms with Gasteiger partial charge in [0.25, 0.3) is 0 Å². The molecule has 0 saturated carbocycles. The van der Waals surface area contributed by atoms with Crippen LogP contribution in [0.25, 0.3) is 0 Å². The van der Waals surface area contributed by atoms with Gasteiger partial charge >= 0.3 is 0 Å². The number of hydrogen-bond acceptors (Lipinski definition) is 2. The van der Waals surface area contributed by atoms with E-state index in [0.29, 0.717) is 5.41 Å². The summed E-state index contributed by atoms with van der Waals surface area (Å²) in [6.07, 6.45) is 7.12. The zero-order chi connectivity index (χ0) is 12.3. The lowest BCUT2D eigenvalue weighted by Gasteiger charge is -2.37. The number of hydrogen-bond donors (Lipinski definition) is 0. The number of nitrogens with zero attached hydrogens (tertiary/aromatic N) is 2. The molecular weight excluding hydrogens is 208 g/mol. The van der Waals surface area contributed by atoms with E-state index in [2.05, 4.69) is 29.1 Å². The smallest absolute Gasteiger partial charge is 0.0441 e. The molecule has 0 unspecified atom stereocenters. The van der Waals surface area contributed by atoms with Crippen LogP contribution in [0.3, 0.4) is 0 Å². The van der Waals surface area contributed by atoms with Crippen LogP contribution in [-0.2, 0) is 12.8 Å². The Balaban J connectivity index is 0.000000514. The molecule has 1 aliphatic heterocycles. The summed E-state index contributed by atoms with van der Waals surface area (Å²) in [6.45, 7) is 6.52. The SMILES string of the molecule is CC.CN1CCC2(CC1)Cc1cccnc1C2. The van der Waals surface area contributed by atoms with Crippen molar-refractivity contribution in [1.29, 1.82) is 0 Å². The van der Waals surface area contributed by atoms with Crippen LogP contribution in [-0.4, -0.2) is 30.0 Å². The van der Waals surface area contributed by atoms with Gasteiger partial charge in [-0.2, -0.15) is 0 Å². The summed E-state index contributed by atoms with van der Waals surface area (Å²) in [6, 6.07) is 4.34. The quantitative estimate of drug-likeness (QED) is 0.684. The Morgan fingerprint density at radius 2 is 1.88 bits per heavy atom. The molecule has 0 atom stereocenters. The predicted octanol–water partition coefficient (Wildman–Crippen LogP) is 2.92. The Hall–Kier alpha value is -0.890. The molecule has 2 heteroatoms. The minimum Gasteiger partial charge on any atom is -0.306 e. The van der Waals surface area contributed by atoms with Crippen molar-refractivity contribution < 1.29 is 0 Å². The molecular formula is C15H24N2. The van der Waals surface area contributed by atoms with E-state index in [9.17, 15) is 0 Å². The van der Waals surface area contributed by atoms with Gasteiger partial charge in [-0.15, -0.1) is 0 Å². The minimum absolute atomic E-state index is 0.559. The number of rotatable bonds is 0. The highest BCUT2D eigenvalue weighted by Gasteiger charge is 2.39. The first-order valence-electron chi connectivity index (χ1n) is 6.89. The van der Waals surface area contributed by atoms with Crippen LogP contribution in [0.15, 0.2) is 18.3 Å². The summed E-state index contributed by atoms with van der Waals surface area (Å²) in [7, 11) is 2.23. The third kappa shape index (κ3) is 2.52. The molecule has 0 radical (unpaired) electrons. The second-order valence-corrected chi connectivity index (χ2v) is 5.27. The molecule has 2 aliphatic rings. The number of piperidine rings is 1. The number of pyridine rings is 1. The van der Waals surface area contributed by atoms with Crippen molar-refractivity contribution in [3.8, 4) is 0 Å². The standard InChI is InChI=1S/C13H18N2.C2H6/c1-15-7-4-13(5-8-15)9-11-3-2-6-14-12(11)10-13;1-2/h2-3,6H,4-5,7-10H2,1H3;1-2H3. The highest BCUT2D eigenvalue weighted by Crippen LogP contribution is 2.43. The monoisotopic (exact) mass is 232 g/mol. The Bertz CT molecular complexity index is 338. The van der Waals surface area contributed by atoms with Crippen LogP contribution in [0.4, 0.5) is 0 Å². The van der Waals surface area contributed by atoms with E-state index >= 15 is 0 Å². The summed E-state index contributed by atoms with van der Waals surface area (Å²) >= 11 is 0. The lowest BCUT2D eigenvalue weighted by Crippen LogP contribution is -2.38. The van der Waals surface area contributed by atoms with Gasteiger partial charge in [-0.25, -0.2) is 0 Å². The molecule has 1 spiro atoms. The Kier molecular flexibility index (Phi) is 3.82. The van der Waals surface area contributed by atoms with Gasteiger partial charge in [0.05, 0.1) is 0 Å². The van der Waals surface area contributed by atoms with Crippen molar-refractivity contribution in [2.75, 3.05) is 20.1 Å². The lowest BCUT2D eigenvalue weighted by atomic mass is 9.76. The third-order valence-corrected chi connectivity index (χ3v) is 4.14. The maximum absolute atomic E-state index is 4.51. The molecule has 94 valence electrons. The van der Waals surface area contributed by atoms with Crippen molar-refractivity contribution in [3.63, 3.8) is 0 Å². The van der Waals surface area contributed by atoms with Gasteiger partial charge in [-0.1, -0.05) is 19.9 Å². The topological polar surface area (TPSA) is 16.1 Å². The average molecular weight is 232 g/mol. The van der Waals surface area contributed by atoms with Gasteiger partial charge in [-0.3, -0.25) is 4.98 Å². The van der Waals surface area contributed by atoms with Gasteiger partial charge in [0.2, 0.25) is 0 Å². The average Bonchev–Trinajstić information content (AvgIpc) is 2.74. The van der Waals surface area contributed by atoms with E-state index in [1.807, 2.05) is 20.0 Å². The fraction of sp³-hybridized carbons (Fsp3) is 0.667. The van der Waals surface area contributed by atoms with Crippen molar-refractivity contribution in [2.24, 2.45) is 5.41 Å². The Labute approximate surface area is 105 Å². The van der Waals surface area contributed by atoms with Crippen molar-refractivity contribution in [3.05, 3.63) is 29.6 Å². The highest BCUT2D eigenvalue weighted by atomic mass is 15.1.